The van der Waals surface area contributed by atoms with Gasteiger partial charge in [-0.2, -0.15) is 0 Å². The molecule has 1 fully saturated rings. The maximum atomic E-state index is 15.7. The first-order valence-corrected chi connectivity index (χ1v) is 17.8. The van der Waals surface area contributed by atoms with E-state index in [1.807, 2.05) is 72.8 Å². The minimum absolute atomic E-state index is 0.00639. The highest BCUT2D eigenvalue weighted by Crippen LogP contribution is 2.47. The molecule has 5 rings (SSSR count). The molecule has 1 N–H and O–H groups in total. The molecule has 2 aliphatic rings. The molecule has 222 valence electrons. The van der Waals surface area contributed by atoms with Crippen LogP contribution in [0.1, 0.15) is 36.5 Å². The second-order valence-corrected chi connectivity index (χ2v) is 16.0. The number of hydrogen-bond donors (Lipinski definition) is 1. The molecule has 0 aliphatic carbocycles. The standard InChI is InChI=1S/C34H41FN2O4Si/c1-24-31(18-15-25-13-16-29(17-14-25)37(23-39)28-11-5-4-6-12-28)41-32(34(24)42(2,3)35)20-33(40)36-21-27-10-8-7-9-26(27)19-30(36)22-38/h4-14,16-17,23-24,30-32,34,38H,15,18-22H2,1-3H3/t24-,30-,31+,32-,34+/m0/s1. The maximum absolute atomic E-state index is 15.7. The molecular formula is C34H41FN2O4Si. The zero-order valence-electron chi connectivity index (χ0n) is 24.7. The van der Waals surface area contributed by atoms with Crippen molar-refractivity contribution >= 4 is 32.1 Å². The van der Waals surface area contributed by atoms with E-state index in [-0.39, 0.29) is 42.5 Å². The van der Waals surface area contributed by atoms with Crippen molar-refractivity contribution in [2.45, 2.75) is 76.0 Å². The van der Waals surface area contributed by atoms with E-state index in [0.717, 1.165) is 47.3 Å². The molecule has 0 unspecified atom stereocenters. The van der Waals surface area contributed by atoms with Crippen LogP contribution in [0, 0.1) is 5.92 Å². The number of benzene rings is 3. The van der Waals surface area contributed by atoms with Gasteiger partial charge in [-0.05, 0) is 79.2 Å². The Kier molecular flexibility index (Phi) is 9.25. The molecule has 8 heteroatoms. The summed E-state index contributed by atoms with van der Waals surface area (Å²) in [5, 5.41) is 10.1. The van der Waals surface area contributed by atoms with Crippen molar-refractivity contribution in [3.8, 4) is 0 Å². The summed E-state index contributed by atoms with van der Waals surface area (Å²) < 4.78 is 22.2. The summed E-state index contributed by atoms with van der Waals surface area (Å²) in [6.45, 7) is 5.85. The van der Waals surface area contributed by atoms with Gasteiger partial charge in [0.15, 0.2) is 0 Å². The number of halogens is 1. The Labute approximate surface area is 249 Å². The molecule has 0 bridgehead atoms. The topological polar surface area (TPSA) is 70.1 Å². The van der Waals surface area contributed by atoms with Crippen molar-refractivity contribution in [2.75, 3.05) is 11.5 Å². The van der Waals surface area contributed by atoms with Gasteiger partial charge in [0, 0.05) is 23.5 Å². The fraction of sp³-hybridized carbons (Fsp3) is 0.412. The van der Waals surface area contributed by atoms with Crippen LogP contribution in [0.5, 0.6) is 0 Å². The molecule has 0 saturated carbocycles. The average molecular weight is 589 g/mol. The van der Waals surface area contributed by atoms with Gasteiger partial charge in [0.2, 0.25) is 20.7 Å². The van der Waals surface area contributed by atoms with Gasteiger partial charge >= 0.3 is 0 Å². The zero-order chi connectivity index (χ0) is 29.9. The number of carbonyl (C=O) groups excluding carboxylic acids is 2. The van der Waals surface area contributed by atoms with E-state index < -0.39 is 14.5 Å². The van der Waals surface area contributed by atoms with E-state index in [9.17, 15) is 14.7 Å². The Morgan fingerprint density at radius 1 is 1.00 bits per heavy atom. The van der Waals surface area contributed by atoms with E-state index >= 15 is 4.11 Å². The van der Waals surface area contributed by atoms with Gasteiger partial charge in [0.1, 0.15) is 0 Å². The van der Waals surface area contributed by atoms with Crippen molar-refractivity contribution in [1.82, 2.24) is 4.90 Å². The number of nitrogens with zero attached hydrogens (tertiary/aromatic N) is 2. The summed E-state index contributed by atoms with van der Waals surface area (Å²) >= 11 is 0. The van der Waals surface area contributed by atoms with Crippen LogP contribution in [0.2, 0.25) is 18.6 Å². The Morgan fingerprint density at radius 3 is 2.29 bits per heavy atom. The van der Waals surface area contributed by atoms with Gasteiger partial charge in [0.25, 0.3) is 0 Å². The smallest absolute Gasteiger partial charge is 0.246 e. The number of aliphatic hydroxyl groups is 1. The van der Waals surface area contributed by atoms with E-state index in [1.54, 1.807) is 22.9 Å². The maximum Gasteiger partial charge on any atom is 0.246 e. The molecule has 2 heterocycles. The Hall–Kier alpha value is -3.33. The average Bonchev–Trinajstić information content (AvgIpc) is 3.31. The molecule has 42 heavy (non-hydrogen) atoms. The van der Waals surface area contributed by atoms with Crippen molar-refractivity contribution in [3.63, 3.8) is 0 Å². The highest BCUT2D eigenvalue weighted by atomic mass is 28.4. The Bertz CT molecular complexity index is 1360. The third kappa shape index (κ3) is 6.51. The lowest BCUT2D eigenvalue weighted by molar-refractivity contribution is -0.138. The first kappa shape index (κ1) is 30.1. The molecule has 0 aromatic heterocycles. The van der Waals surface area contributed by atoms with Crippen LogP contribution in [0.4, 0.5) is 15.5 Å². The molecule has 2 aliphatic heterocycles. The second kappa shape index (κ2) is 12.9. The van der Waals surface area contributed by atoms with Crippen LogP contribution in [0.15, 0.2) is 78.9 Å². The normalized spacial score (nSPS) is 23.8. The summed E-state index contributed by atoms with van der Waals surface area (Å²) in [6, 6.07) is 25.1. The van der Waals surface area contributed by atoms with Crippen molar-refractivity contribution in [3.05, 3.63) is 95.6 Å². The molecule has 1 saturated heterocycles. The van der Waals surface area contributed by atoms with Crippen molar-refractivity contribution in [2.24, 2.45) is 5.92 Å². The van der Waals surface area contributed by atoms with Gasteiger partial charge < -0.3 is 18.9 Å². The first-order valence-electron chi connectivity index (χ1n) is 14.9. The number of aliphatic hydroxyl groups excluding tert-OH is 1. The number of aryl methyl sites for hydroxylation is 1. The monoisotopic (exact) mass is 588 g/mol. The largest absolute Gasteiger partial charge is 0.394 e. The number of ether oxygens (including phenoxy) is 1. The van der Waals surface area contributed by atoms with Crippen LogP contribution in [0.3, 0.4) is 0 Å². The fourth-order valence-electron chi connectivity index (χ4n) is 6.90. The number of amides is 2. The van der Waals surface area contributed by atoms with E-state index in [4.69, 9.17) is 4.74 Å². The predicted octanol–water partition coefficient (Wildman–Crippen LogP) is 6.20. The minimum atomic E-state index is -3.14. The van der Waals surface area contributed by atoms with Crippen molar-refractivity contribution in [1.29, 1.82) is 0 Å². The first-order chi connectivity index (χ1) is 20.2. The fourth-order valence-corrected chi connectivity index (χ4v) is 9.44. The molecule has 0 radical (unpaired) electrons. The Morgan fingerprint density at radius 2 is 1.64 bits per heavy atom. The Balaban J connectivity index is 1.24. The van der Waals surface area contributed by atoms with E-state index in [1.165, 1.54) is 0 Å². The lowest BCUT2D eigenvalue weighted by Gasteiger charge is -2.37. The highest BCUT2D eigenvalue weighted by molar-refractivity contribution is 6.72. The zero-order valence-corrected chi connectivity index (χ0v) is 25.7. The lowest BCUT2D eigenvalue weighted by Crippen LogP contribution is -2.48. The summed E-state index contributed by atoms with van der Waals surface area (Å²) in [6.07, 6.45) is 2.40. The van der Waals surface area contributed by atoms with Crippen LogP contribution in [-0.4, -0.2) is 55.6 Å². The molecule has 0 spiro atoms. The second-order valence-electron chi connectivity index (χ2n) is 12.2. The molecular weight excluding hydrogens is 547 g/mol. The number of rotatable bonds is 10. The quantitative estimate of drug-likeness (QED) is 0.174. The number of anilines is 2. The van der Waals surface area contributed by atoms with Crippen molar-refractivity contribution < 1.29 is 23.5 Å². The van der Waals surface area contributed by atoms with Gasteiger partial charge in [-0.25, -0.2) is 0 Å². The van der Waals surface area contributed by atoms with E-state index in [0.29, 0.717) is 13.0 Å². The molecule has 6 nitrogen and oxygen atoms in total. The minimum Gasteiger partial charge on any atom is -0.394 e. The SMILES string of the molecule is C[C@@H]1[C@@H]([Si](C)(C)F)[C@H](CC(=O)N2Cc3ccccc3C[C@H]2CO)O[C@@H]1CCc1ccc(N(C=O)c2ccccc2)cc1. The summed E-state index contributed by atoms with van der Waals surface area (Å²) in [5.74, 6) is -0.0912. The molecule has 3 aromatic carbocycles. The van der Waals surface area contributed by atoms with Crippen LogP contribution < -0.4 is 4.90 Å². The number of para-hydroxylation sites is 1. The number of fused-ring (bicyclic) bond motifs is 1. The summed E-state index contributed by atoms with van der Waals surface area (Å²) in [5.41, 5.74) is 4.67. The summed E-state index contributed by atoms with van der Waals surface area (Å²) in [7, 11) is -3.14. The molecule has 2 amide bonds. The van der Waals surface area contributed by atoms with Crippen LogP contribution in [0.25, 0.3) is 0 Å². The lowest BCUT2D eigenvalue weighted by atomic mass is 9.93. The predicted molar refractivity (Wildman–Crippen MR) is 166 cm³/mol. The third-order valence-corrected chi connectivity index (χ3v) is 11.5. The van der Waals surface area contributed by atoms with Gasteiger partial charge in [-0.3, -0.25) is 14.5 Å². The van der Waals surface area contributed by atoms with E-state index in [2.05, 4.69) is 13.0 Å². The van der Waals surface area contributed by atoms with Gasteiger partial charge in [-0.1, -0.05) is 61.5 Å². The highest BCUT2D eigenvalue weighted by Gasteiger charge is 2.52. The third-order valence-electron chi connectivity index (χ3n) is 9.03. The van der Waals surface area contributed by atoms with Crippen LogP contribution in [-0.2, 0) is 33.7 Å². The summed E-state index contributed by atoms with van der Waals surface area (Å²) in [4.78, 5) is 28.8. The molecule has 3 aromatic rings. The van der Waals surface area contributed by atoms with Crippen LogP contribution >= 0.6 is 0 Å². The number of carbonyl (C=O) groups is 2. The van der Waals surface area contributed by atoms with Gasteiger partial charge in [0.05, 0.1) is 31.3 Å². The molecule has 5 atom stereocenters. The number of hydrogen-bond acceptors (Lipinski definition) is 4. The van der Waals surface area contributed by atoms with Gasteiger partial charge in [-0.15, -0.1) is 0 Å².